The van der Waals surface area contributed by atoms with Gasteiger partial charge < -0.3 is 16.0 Å². The number of anilines is 2. The molecule has 2 aromatic rings. The lowest BCUT2D eigenvalue weighted by molar-refractivity contribution is -0.122. The largest absolute Gasteiger partial charge is 0.339 e. The molecule has 1 unspecified atom stereocenters. The van der Waals surface area contributed by atoms with E-state index in [0.717, 1.165) is 4.90 Å². The Morgan fingerprint density at radius 3 is 2.06 bits per heavy atom. The summed E-state index contributed by atoms with van der Waals surface area (Å²) in [4.78, 5) is 39.0. The maximum Gasteiger partial charge on any atom is 0.266 e. The molecule has 3 amide bonds. The number of halogens is 3. The summed E-state index contributed by atoms with van der Waals surface area (Å²) in [6.45, 7) is 3.78. The van der Waals surface area contributed by atoms with Gasteiger partial charge >= 0.3 is 0 Å². The lowest BCUT2D eigenvalue weighted by atomic mass is 10.1. The number of para-hydroxylation sites is 2. The van der Waals surface area contributed by atoms with Gasteiger partial charge in [-0.3, -0.25) is 14.4 Å². The van der Waals surface area contributed by atoms with Crippen LogP contribution in [0.4, 0.5) is 11.4 Å². The van der Waals surface area contributed by atoms with Gasteiger partial charge in [0.1, 0.15) is 6.17 Å². The molecule has 1 aliphatic rings. The molecule has 0 fully saturated rings. The summed E-state index contributed by atoms with van der Waals surface area (Å²) >= 11 is 23.4. The molecule has 0 bridgehead atoms. The second-order valence-corrected chi connectivity index (χ2v) is 10.5. The average molecular weight is 528 g/mol. The van der Waals surface area contributed by atoms with Gasteiger partial charge in [-0.05, 0) is 42.4 Å². The molecule has 0 aliphatic carbocycles. The molecule has 1 atom stereocenters. The zero-order chi connectivity index (χ0) is 24.3. The van der Waals surface area contributed by atoms with Crippen LogP contribution in [0.25, 0.3) is 0 Å². The Bertz CT molecular complexity index is 1070. The first-order valence-corrected chi connectivity index (χ1v) is 11.5. The lowest BCUT2D eigenvalue weighted by Crippen LogP contribution is -2.56. The molecule has 1 aliphatic heterocycles. The highest BCUT2D eigenvalue weighted by molar-refractivity contribution is 7.80. The molecule has 33 heavy (non-hydrogen) atoms. The van der Waals surface area contributed by atoms with Gasteiger partial charge in [-0.15, -0.1) is 0 Å². The maximum absolute atomic E-state index is 12.9. The first kappa shape index (κ1) is 25.2. The van der Waals surface area contributed by atoms with Gasteiger partial charge in [-0.2, -0.15) is 0 Å². The van der Waals surface area contributed by atoms with Crippen LogP contribution in [0.5, 0.6) is 0 Å². The fourth-order valence-electron chi connectivity index (χ4n) is 3.26. The first-order chi connectivity index (χ1) is 15.5. The fourth-order valence-corrected chi connectivity index (χ4v) is 3.82. The van der Waals surface area contributed by atoms with E-state index in [-0.39, 0.29) is 23.4 Å². The predicted octanol–water partition coefficient (Wildman–Crippen LogP) is 4.63. The number of nitrogens with zero attached hydrogens (tertiary/aromatic N) is 1. The summed E-state index contributed by atoms with van der Waals surface area (Å²) in [5.41, 5.74) is 1.33. The third-order valence-electron chi connectivity index (χ3n) is 4.69. The number of amides is 3. The third kappa shape index (κ3) is 5.95. The minimum absolute atomic E-state index is 0.0141. The standard InChI is InChI=1S/C22H21Cl3N4O3S/c1-12(2)11-17(30)27-20(22(23,24)25)28-21(33)26-15-9-5-6-10-16(15)29-18(31)13-7-3-4-8-14(13)19(29)32/h3-10,12,20H,11H2,1-2H3,(H,27,30)(H2,26,28,33). The number of carbonyl (C=O) groups excluding carboxylic acids is 3. The normalized spacial score (nSPS) is 14.2. The zero-order valence-electron chi connectivity index (χ0n) is 17.7. The van der Waals surface area contributed by atoms with Crippen LogP contribution in [-0.2, 0) is 4.79 Å². The van der Waals surface area contributed by atoms with E-state index in [1.165, 1.54) is 0 Å². The number of alkyl halides is 3. The van der Waals surface area contributed by atoms with Crippen LogP contribution in [0.3, 0.4) is 0 Å². The first-order valence-electron chi connectivity index (χ1n) is 9.99. The Balaban J connectivity index is 1.79. The number of hydrogen-bond acceptors (Lipinski definition) is 4. The van der Waals surface area contributed by atoms with Crippen molar-refractivity contribution in [2.45, 2.75) is 30.2 Å². The lowest BCUT2D eigenvalue weighted by Gasteiger charge is -2.28. The van der Waals surface area contributed by atoms with Crippen LogP contribution in [0, 0.1) is 5.92 Å². The van der Waals surface area contributed by atoms with Gasteiger partial charge in [0.05, 0.1) is 22.5 Å². The van der Waals surface area contributed by atoms with Crippen molar-refractivity contribution in [3.8, 4) is 0 Å². The second-order valence-electron chi connectivity index (χ2n) is 7.75. The SMILES string of the molecule is CC(C)CC(=O)NC(NC(=S)Nc1ccccc1N1C(=O)c2ccccc2C1=O)C(Cl)(Cl)Cl. The molecule has 3 N–H and O–H groups in total. The molecular formula is C22H21Cl3N4O3S. The summed E-state index contributed by atoms with van der Waals surface area (Å²) in [5.74, 6) is -1.09. The van der Waals surface area contributed by atoms with Crippen LogP contribution >= 0.6 is 47.0 Å². The van der Waals surface area contributed by atoms with Crippen LogP contribution in [-0.4, -0.2) is 32.8 Å². The highest BCUT2D eigenvalue weighted by Crippen LogP contribution is 2.34. The van der Waals surface area contributed by atoms with Crippen LogP contribution in [0.1, 0.15) is 41.0 Å². The average Bonchev–Trinajstić information content (AvgIpc) is 2.97. The number of rotatable bonds is 6. The highest BCUT2D eigenvalue weighted by atomic mass is 35.6. The Kier molecular flexibility index (Phi) is 7.84. The van der Waals surface area contributed by atoms with E-state index in [1.807, 2.05) is 13.8 Å². The number of benzene rings is 2. The molecule has 3 rings (SSSR count). The molecular weight excluding hydrogens is 507 g/mol. The van der Waals surface area contributed by atoms with E-state index in [4.69, 9.17) is 47.0 Å². The topological polar surface area (TPSA) is 90.5 Å². The molecule has 0 saturated heterocycles. The third-order valence-corrected chi connectivity index (χ3v) is 5.56. The number of thiocarbonyl (C=S) groups is 1. The van der Waals surface area contributed by atoms with Gasteiger partial charge in [-0.25, -0.2) is 4.90 Å². The zero-order valence-corrected chi connectivity index (χ0v) is 20.8. The van der Waals surface area contributed by atoms with E-state index in [2.05, 4.69) is 16.0 Å². The van der Waals surface area contributed by atoms with Gasteiger partial charge in [0, 0.05) is 6.42 Å². The van der Waals surface area contributed by atoms with Crippen molar-refractivity contribution in [3.05, 3.63) is 59.7 Å². The Labute approximate surface area is 211 Å². The molecule has 0 radical (unpaired) electrons. The summed E-state index contributed by atoms with van der Waals surface area (Å²) < 4.78 is -1.90. The van der Waals surface area contributed by atoms with E-state index < -0.39 is 21.8 Å². The number of imide groups is 1. The molecule has 0 aromatic heterocycles. The van der Waals surface area contributed by atoms with Crippen LogP contribution in [0.15, 0.2) is 48.5 Å². The van der Waals surface area contributed by atoms with Crippen LogP contribution in [0.2, 0.25) is 0 Å². The number of hydrogen-bond donors (Lipinski definition) is 3. The maximum atomic E-state index is 12.9. The van der Waals surface area contributed by atoms with Gasteiger partial charge in [0.25, 0.3) is 11.8 Å². The molecule has 0 spiro atoms. The molecule has 1 heterocycles. The van der Waals surface area contributed by atoms with E-state index in [0.29, 0.717) is 22.5 Å². The Morgan fingerprint density at radius 2 is 1.52 bits per heavy atom. The molecule has 11 heteroatoms. The van der Waals surface area contributed by atoms with Gasteiger partial charge in [0.15, 0.2) is 5.11 Å². The summed E-state index contributed by atoms with van der Waals surface area (Å²) in [6, 6.07) is 13.3. The highest BCUT2D eigenvalue weighted by Gasteiger charge is 2.38. The second kappa shape index (κ2) is 10.3. The van der Waals surface area contributed by atoms with Crippen molar-refractivity contribution >= 4 is 81.2 Å². The predicted molar refractivity (Wildman–Crippen MR) is 135 cm³/mol. The van der Waals surface area contributed by atoms with E-state index >= 15 is 0 Å². The summed E-state index contributed by atoms with van der Waals surface area (Å²) in [6.07, 6.45) is -0.887. The molecule has 174 valence electrons. The minimum atomic E-state index is -1.90. The van der Waals surface area contributed by atoms with E-state index in [1.54, 1.807) is 48.5 Å². The molecule has 0 saturated carbocycles. The smallest absolute Gasteiger partial charge is 0.266 e. The summed E-state index contributed by atoms with van der Waals surface area (Å²) in [7, 11) is 0. The van der Waals surface area contributed by atoms with Crippen LogP contribution < -0.4 is 20.9 Å². The van der Waals surface area contributed by atoms with Crippen molar-refractivity contribution in [1.82, 2.24) is 10.6 Å². The van der Waals surface area contributed by atoms with Gasteiger partial charge in [0.2, 0.25) is 9.70 Å². The monoisotopic (exact) mass is 526 g/mol. The Hall–Kier alpha value is -2.39. The van der Waals surface area contributed by atoms with E-state index in [9.17, 15) is 14.4 Å². The quantitative estimate of drug-likeness (QED) is 0.220. The molecule has 7 nitrogen and oxygen atoms in total. The van der Waals surface area contributed by atoms with Crippen molar-refractivity contribution in [2.24, 2.45) is 5.92 Å². The van der Waals surface area contributed by atoms with Crippen molar-refractivity contribution in [3.63, 3.8) is 0 Å². The van der Waals surface area contributed by atoms with Crippen molar-refractivity contribution in [2.75, 3.05) is 10.2 Å². The summed E-state index contributed by atoms with van der Waals surface area (Å²) in [5, 5.41) is 8.31. The Morgan fingerprint density at radius 1 is 0.970 bits per heavy atom. The van der Waals surface area contributed by atoms with Crippen molar-refractivity contribution < 1.29 is 14.4 Å². The number of nitrogens with one attached hydrogen (secondary N) is 3. The minimum Gasteiger partial charge on any atom is -0.339 e. The fraction of sp³-hybridized carbons (Fsp3) is 0.273. The number of fused-ring (bicyclic) bond motifs is 1. The van der Waals surface area contributed by atoms with Crippen molar-refractivity contribution in [1.29, 1.82) is 0 Å². The van der Waals surface area contributed by atoms with Gasteiger partial charge in [-0.1, -0.05) is 72.9 Å². The number of carbonyl (C=O) groups is 3. The molecule has 2 aromatic carbocycles.